The number of hydrogen-bond donors (Lipinski definition) is 1. The van der Waals surface area contributed by atoms with Crippen molar-refractivity contribution in [1.82, 2.24) is 15.0 Å². The Labute approximate surface area is 145 Å². The predicted octanol–water partition coefficient (Wildman–Crippen LogP) is 5.75. The molecule has 0 aliphatic rings. The first-order valence-electron chi connectivity index (χ1n) is 4.55. The lowest BCUT2D eigenvalue weighted by atomic mass is 10.3. The number of rotatable bonds is 2. The molecule has 4 nitrogen and oxygen atoms in total. The molecule has 0 amide bonds. The van der Waals surface area contributed by atoms with Crippen molar-refractivity contribution >= 4 is 89.9 Å². The van der Waals surface area contributed by atoms with Gasteiger partial charge >= 0.3 is 0 Å². The van der Waals surface area contributed by atoms with Crippen molar-refractivity contribution in [3.05, 3.63) is 35.6 Å². The van der Waals surface area contributed by atoms with Crippen LogP contribution < -0.4 is 5.32 Å². The van der Waals surface area contributed by atoms with E-state index in [0.29, 0.717) is 24.7 Å². The van der Waals surface area contributed by atoms with Crippen LogP contribution in [0, 0.1) is 0 Å². The van der Waals surface area contributed by atoms with Gasteiger partial charge in [-0.05, 0) is 61.1 Å². The second kappa shape index (κ2) is 6.28. The van der Waals surface area contributed by atoms with Gasteiger partial charge in [-0.2, -0.15) is 15.0 Å². The molecule has 1 heterocycles. The quantitative estimate of drug-likeness (QED) is 0.451. The van der Waals surface area contributed by atoms with Crippen LogP contribution in [0.25, 0.3) is 0 Å². The van der Waals surface area contributed by atoms with Crippen molar-refractivity contribution in [3.63, 3.8) is 0 Å². The molecule has 0 saturated carbocycles. The molecule has 0 radical (unpaired) electrons. The van der Waals surface area contributed by atoms with E-state index in [4.69, 9.17) is 46.4 Å². The summed E-state index contributed by atoms with van der Waals surface area (Å²) in [5.41, 5.74) is 0.494. The largest absolute Gasteiger partial charge is 0.322 e. The van der Waals surface area contributed by atoms with Crippen molar-refractivity contribution in [2.75, 3.05) is 5.32 Å². The van der Waals surface area contributed by atoms with E-state index in [1.54, 1.807) is 6.07 Å². The summed E-state index contributed by atoms with van der Waals surface area (Å²) in [5.74, 6) is 0.158. The summed E-state index contributed by atoms with van der Waals surface area (Å²) in [5, 5.41) is 3.69. The summed E-state index contributed by atoms with van der Waals surface area (Å²) in [4.78, 5) is 11.4. The highest BCUT2D eigenvalue weighted by atomic mass is 79.9. The summed E-state index contributed by atoms with van der Waals surface area (Å²) in [6.07, 6.45) is 0. The maximum Gasteiger partial charge on any atom is 0.232 e. The molecule has 0 aliphatic carbocycles. The summed E-state index contributed by atoms with van der Waals surface area (Å²) < 4.78 is 1.21. The molecular weight excluding hydrogens is 466 g/mol. The number of anilines is 2. The fraction of sp³-hybridized carbons (Fsp3) is 0. The molecule has 0 atom stereocenters. The average molecular weight is 468 g/mol. The van der Waals surface area contributed by atoms with Crippen molar-refractivity contribution in [3.8, 4) is 0 Å². The zero-order chi connectivity index (χ0) is 14.2. The maximum absolute atomic E-state index is 6.12. The fourth-order valence-corrected chi connectivity index (χ4v) is 3.40. The van der Waals surface area contributed by atoms with Crippen LogP contribution >= 0.6 is 78.3 Å². The Morgan fingerprint density at radius 1 is 0.947 bits per heavy atom. The van der Waals surface area contributed by atoms with Gasteiger partial charge in [-0.3, -0.25) is 0 Å². The summed E-state index contributed by atoms with van der Waals surface area (Å²) in [6.45, 7) is 0. The highest BCUT2D eigenvalue weighted by Crippen LogP contribution is 2.42. The SMILES string of the molecule is Clc1nc(Cl)nc(Nc2c(Cl)cc(Br)c(Cl)c2Br)n1. The maximum atomic E-state index is 6.12. The molecule has 2 aromatic rings. The van der Waals surface area contributed by atoms with E-state index in [1.807, 2.05) is 0 Å². The van der Waals surface area contributed by atoms with Crippen LogP contribution in [0.1, 0.15) is 0 Å². The van der Waals surface area contributed by atoms with Gasteiger partial charge in [0.25, 0.3) is 0 Å². The summed E-state index contributed by atoms with van der Waals surface area (Å²) in [7, 11) is 0. The molecule has 0 spiro atoms. The third kappa shape index (κ3) is 3.62. The zero-order valence-corrected chi connectivity index (χ0v) is 14.9. The molecule has 19 heavy (non-hydrogen) atoms. The van der Waals surface area contributed by atoms with Crippen LogP contribution in [0.3, 0.4) is 0 Å². The Morgan fingerprint density at radius 2 is 1.53 bits per heavy atom. The molecule has 0 saturated heterocycles. The van der Waals surface area contributed by atoms with E-state index in [1.165, 1.54) is 0 Å². The van der Waals surface area contributed by atoms with Crippen molar-refractivity contribution in [2.45, 2.75) is 0 Å². The van der Waals surface area contributed by atoms with Crippen molar-refractivity contribution in [1.29, 1.82) is 0 Å². The standard InChI is InChI=1S/C9H2Br2Cl4N4/c10-2-1-3(12)6(4(11)5(2)13)16-9-18-7(14)17-8(15)19-9/h1H,(H,16,17,18,19). The molecule has 100 valence electrons. The van der Waals surface area contributed by atoms with Crippen LogP contribution in [-0.4, -0.2) is 15.0 Å². The van der Waals surface area contributed by atoms with E-state index in [-0.39, 0.29) is 16.5 Å². The Balaban J connectivity index is 2.46. The van der Waals surface area contributed by atoms with Crippen LogP contribution in [0.4, 0.5) is 11.6 Å². The first-order valence-corrected chi connectivity index (χ1v) is 7.65. The van der Waals surface area contributed by atoms with E-state index >= 15 is 0 Å². The number of nitrogens with one attached hydrogen (secondary N) is 1. The molecule has 0 bridgehead atoms. The molecular formula is C9H2Br2Cl4N4. The fourth-order valence-electron chi connectivity index (χ4n) is 1.17. The lowest BCUT2D eigenvalue weighted by molar-refractivity contribution is 1.05. The van der Waals surface area contributed by atoms with E-state index < -0.39 is 0 Å². The number of aromatic nitrogens is 3. The van der Waals surface area contributed by atoms with Gasteiger partial charge in [-0.25, -0.2) is 0 Å². The van der Waals surface area contributed by atoms with Gasteiger partial charge in [-0.1, -0.05) is 23.2 Å². The Hall–Kier alpha value is 0.150. The highest BCUT2D eigenvalue weighted by molar-refractivity contribution is 9.11. The summed E-state index contributed by atoms with van der Waals surface area (Å²) >= 11 is 30.2. The zero-order valence-electron chi connectivity index (χ0n) is 8.69. The second-order valence-electron chi connectivity index (χ2n) is 3.17. The van der Waals surface area contributed by atoms with Crippen LogP contribution in [-0.2, 0) is 0 Å². The minimum absolute atomic E-state index is 0.0297. The first kappa shape index (κ1) is 15.5. The number of halogens is 6. The van der Waals surface area contributed by atoms with Crippen LogP contribution in [0.5, 0.6) is 0 Å². The third-order valence-electron chi connectivity index (χ3n) is 1.93. The molecule has 0 fully saturated rings. The Morgan fingerprint density at radius 3 is 2.11 bits per heavy atom. The average Bonchev–Trinajstić information content (AvgIpc) is 2.31. The monoisotopic (exact) mass is 464 g/mol. The third-order valence-corrected chi connectivity index (χ3v) is 4.84. The van der Waals surface area contributed by atoms with Gasteiger partial charge in [0.15, 0.2) is 0 Å². The normalized spacial score (nSPS) is 10.6. The lowest BCUT2D eigenvalue weighted by Gasteiger charge is -2.11. The molecule has 1 N–H and O–H groups in total. The topological polar surface area (TPSA) is 50.7 Å². The molecule has 1 aromatic heterocycles. The van der Waals surface area contributed by atoms with Crippen LogP contribution in [0.2, 0.25) is 20.6 Å². The van der Waals surface area contributed by atoms with Gasteiger partial charge in [0, 0.05) is 4.47 Å². The smallest absolute Gasteiger partial charge is 0.232 e. The van der Waals surface area contributed by atoms with Crippen LogP contribution in [0.15, 0.2) is 15.0 Å². The summed E-state index contributed by atoms with van der Waals surface area (Å²) in [6, 6.07) is 1.64. The van der Waals surface area contributed by atoms with Gasteiger partial charge in [-0.15, -0.1) is 0 Å². The first-order chi connectivity index (χ1) is 8.88. The van der Waals surface area contributed by atoms with Crippen molar-refractivity contribution in [2.24, 2.45) is 0 Å². The second-order valence-corrected chi connectivity index (χ2v) is 6.27. The van der Waals surface area contributed by atoms with Crippen molar-refractivity contribution < 1.29 is 0 Å². The molecule has 2 rings (SSSR count). The highest BCUT2D eigenvalue weighted by Gasteiger charge is 2.15. The lowest BCUT2D eigenvalue weighted by Crippen LogP contribution is -2.01. The van der Waals surface area contributed by atoms with Gasteiger partial charge in [0.1, 0.15) is 0 Å². The minimum Gasteiger partial charge on any atom is -0.322 e. The molecule has 1 aromatic carbocycles. The van der Waals surface area contributed by atoms with E-state index in [2.05, 4.69) is 52.1 Å². The number of nitrogens with zero attached hydrogens (tertiary/aromatic N) is 3. The van der Waals surface area contributed by atoms with E-state index in [9.17, 15) is 0 Å². The van der Waals surface area contributed by atoms with Gasteiger partial charge in [0.05, 0.1) is 20.2 Å². The van der Waals surface area contributed by atoms with E-state index in [0.717, 1.165) is 0 Å². The minimum atomic E-state index is -0.0297. The Bertz CT molecular complexity index is 632. The van der Waals surface area contributed by atoms with Gasteiger partial charge in [0.2, 0.25) is 16.5 Å². The predicted molar refractivity (Wildman–Crippen MR) is 85.0 cm³/mol. The van der Waals surface area contributed by atoms with Gasteiger partial charge < -0.3 is 5.32 Å². The number of benzene rings is 1. The Kier molecular flexibility index (Phi) is 5.14. The number of hydrogen-bond acceptors (Lipinski definition) is 4. The molecule has 10 heteroatoms. The molecule has 0 aliphatic heterocycles. The molecule has 0 unspecified atom stereocenters.